The summed E-state index contributed by atoms with van der Waals surface area (Å²) in [5.41, 5.74) is 6.59. The lowest BCUT2D eigenvalue weighted by molar-refractivity contribution is 0.291. The van der Waals surface area contributed by atoms with Crippen LogP contribution in [0.4, 0.5) is 0 Å². The fourth-order valence-corrected chi connectivity index (χ4v) is 4.05. The van der Waals surface area contributed by atoms with Gasteiger partial charge in [-0.2, -0.15) is 0 Å². The van der Waals surface area contributed by atoms with Crippen molar-refractivity contribution in [1.82, 2.24) is 4.31 Å². The lowest BCUT2D eigenvalue weighted by atomic mass is 9.97. The predicted molar refractivity (Wildman–Crippen MR) is 81.6 cm³/mol. The van der Waals surface area contributed by atoms with E-state index in [-0.39, 0.29) is 17.5 Å². The average molecular weight is 311 g/mol. The van der Waals surface area contributed by atoms with Crippen LogP contribution in [0.3, 0.4) is 0 Å². The zero-order chi connectivity index (χ0) is 15.3. The fraction of sp³-hybridized carbons (Fsp3) is 0.500. The highest BCUT2D eigenvalue weighted by Gasteiger charge is 2.29. The minimum atomic E-state index is -3.25. The Kier molecular flexibility index (Phi) is 5.19. The van der Waals surface area contributed by atoms with Gasteiger partial charge in [0, 0.05) is 19.0 Å². The molecule has 0 saturated carbocycles. The molecule has 0 atom stereocenters. The maximum Gasteiger partial charge on any atom is 0.214 e. The molecular formula is C14H21N3O3S. The molecule has 0 bridgehead atoms. The van der Waals surface area contributed by atoms with Crippen LogP contribution in [0.15, 0.2) is 35.5 Å². The van der Waals surface area contributed by atoms with Gasteiger partial charge in [0.15, 0.2) is 0 Å². The molecule has 1 aromatic rings. The summed E-state index contributed by atoms with van der Waals surface area (Å²) >= 11 is 0. The van der Waals surface area contributed by atoms with Crippen LogP contribution in [0.1, 0.15) is 18.4 Å². The van der Waals surface area contributed by atoms with Gasteiger partial charge in [0.2, 0.25) is 10.0 Å². The van der Waals surface area contributed by atoms with E-state index in [0.29, 0.717) is 32.4 Å². The van der Waals surface area contributed by atoms with Crippen molar-refractivity contribution in [2.75, 3.05) is 18.8 Å². The maximum absolute atomic E-state index is 12.3. The smallest absolute Gasteiger partial charge is 0.214 e. The van der Waals surface area contributed by atoms with Crippen LogP contribution in [0.25, 0.3) is 0 Å². The van der Waals surface area contributed by atoms with Crippen molar-refractivity contribution in [3.8, 4) is 0 Å². The quantitative estimate of drug-likeness (QED) is 0.367. The molecule has 116 valence electrons. The summed E-state index contributed by atoms with van der Waals surface area (Å²) in [6, 6.07) is 9.59. The van der Waals surface area contributed by atoms with Crippen molar-refractivity contribution in [3.05, 3.63) is 35.9 Å². The number of rotatable bonds is 5. The van der Waals surface area contributed by atoms with E-state index in [9.17, 15) is 8.42 Å². The van der Waals surface area contributed by atoms with E-state index < -0.39 is 10.0 Å². The second-order valence-corrected chi connectivity index (χ2v) is 7.34. The maximum atomic E-state index is 12.3. The lowest BCUT2D eigenvalue weighted by Gasteiger charge is -2.30. The summed E-state index contributed by atoms with van der Waals surface area (Å²) in [6.07, 6.45) is 1.71. The summed E-state index contributed by atoms with van der Waals surface area (Å²) in [4.78, 5) is 0. The van der Waals surface area contributed by atoms with Crippen molar-refractivity contribution in [3.63, 3.8) is 0 Å². The third-order valence-corrected chi connectivity index (χ3v) is 5.74. The Labute approximate surface area is 125 Å². The van der Waals surface area contributed by atoms with Crippen LogP contribution in [0.5, 0.6) is 0 Å². The molecule has 3 N–H and O–H groups in total. The fourth-order valence-electron chi connectivity index (χ4n) is 2.53. The number of hydrogen-bond acceptors (Lipinski definition) is 4. The predicted octanol–water partition coefficient (Wildman–Crippen LogP) is 1.02. The van der Waals surface area contributed by atoms with Crippen LogP contribution < -0.4 is 5.73 Å². The first-order valence-electron chi connectivity index (χ1n) is 7.02. The molecule has 0 radical (unpaired) electrons. The third-order valence-electron chi connectivity index (χ3n) is 3.87. The van der Waals surface area contributed by atoms with Gasteiger partial charge in [-0.1, -0.05) is 35.5 Å². The van der Waals surface area contributed by atoms with Crippen molar-refractivity contribution >= 4 is 15.9 Å². The van der Waals surface area contributed by atoms with E-state index in [1.54, 1.807) is 0 Å². The van der Waals surface area contributed by atoms with Crippen LogP contribution in [-0.2, 0) is 16.4 Å². The summed E-state index contributed by atoms with van der Waals surface area (Å²) in [7, 11) is -3.25. The van der Waals surface area contributed by atoms with Crippen molar-refractivity contribution in [2.45, 2.75) is 19.3 Å². The first-order chi connectivity index (χ1) is 10.0. The van der Waals surface area contributed by atoms with E-state index in [4.69, 9.17) is 10.9 Å². The van der Waals surface area contributed by atoms with Gasteiger partial charge in [0.05, 0.1) is 5.75 Å². The standard InChI is InChI=1S/C14H21N3O3S/c15-14(16-18)13-6-9-17(10-7-13)21(19,20)11-8-12-4-2-1-3-5-12/h1-5,13,18H,6-11H2,(H2,15,16). The molecule has 1 aromatic carbocycles. The molecule has 2 rings (SSSR count). The van der Waals surface area contributed by atoms with Gasteiger partial charge < -0.3 is 10.9 Å². The molecule has 1 aliphatic heterocycles. The van der Waals surface area contributed by atoms with Gasteiger partial charge in [0.25, 0.3) is 0 Å². The van der Waals surface area contributed by atoms with E-state index in [1.165, 1.54) is 4.31 Å². The minimum absolute atomic E-state index is 0.0319. The van der Waals surface area contributed by atoms with Crippen LogP contribution >= 0.6 is 0 Å². The monoisotopic (exact) mass is 311 g/mol. The highest BCUT2D eigenvalue weighted by molar-refractivity contribution is 7.89. The number of nitrogens with two attached hydrogens (primary N) is 1. The molecule has 0 spiro atoms. The van der Waals surface area contributed by atoms with Crippen LogP contribution in [-0.4, -0.2) is 42.6 Å². The first kappa shape index (κ1) is 15.8. The van der Waals surface area contributed by atoms with Gasteiger partial charge in [-0.15, -0.1) is 0 Å². The van der Waals surface area contributed by atoms with Crippen LogP contribution in [0.2, 0.25) is 0 Å². The van der Waals surface area contributed by atoms with Gasteiger partial charge in [-0.25, -0.2) is 12.7 Å². The molecule has 1 saturated heterocycles. The second kappa shape index (κ2) is 6.91. The number of amidine groups is 1. The Morgan fingerprint density at radius 3 is 2.48 bits per heavy atom. The molecule has 0 amide bonds. The molecular weight excluding hydrogens is 290 g/mol. The normalized spacial score (nSPS) is 18.8. The Bertz CT molecular complexity index is 579. The lowest BCUT2D eigenvalue weighted by Crippen LogP contribution is -2.42. The SMILES string of the molecule is N/C(=N/O)C1CCN(S(=O)(=O)CCc2ccccc2)CC1. The summed E-state index contributed by atoms with van der Waals surface area (Å²) in [6.45, 7) is 0.857. The van der Waals surface area contributed by atoms with Gasteiger partial charge in [-0.05, 0) is 24.8 Å². The van der Waals surface area contributed by atoms with Crippen molar-refractivity contribution in [1.29, 1.82) is 0 Å². The van der Waals surface area contributed by atoms with Crippen molar-refractivity contribution < 1.29 is 13.6 Å². The number of piperidine rings is 1. The number of sulfonamides is 1. The Morgan fingerprint density at radius 2 is 1.90 bits per heavy atom. The van der Waals surface area contributed by atoms with Gasteiger partial charge >= 0.3 is 0 Å². The van der Waals surface area contributed by atoms with Crippen LogP contribution in [0, 0.1) is 5.92 Å². The molecule has 1 aliphatic rings. The minimum Gasteiger partial charge on any atom is -0.409 e. The number of aryl methyl sites for hydroxylation is 1. The van der Waals surface area contributed by atoms with E-state index in [1.807, 2.05) is 30.3 Å². The highest BCUT2D eigenvalue weighted by Crippen LogP contribution is 2.20. The number of nitrogens with zero attached hydrogens (tertiary/aromatic N) is 2. The number of hydrogen-bond donors (Lipinski definition) is 2. The number of oxime groups is 1. The zero-order valence-corrected chi connectivity index (χ0v) is 12.7. The molecule has 1 heterocycles. The third kappa shape index (κ3) is 4.18. The molecule has 0 aliphatic carbocycles. The molecule has 6 nitrogen and oxygen atoms in total. The van der Waals surface area contributed by atoms with Gasteiger partial charge in [0.1, 0.15) is 5.84 Å². The molecule has 7 heteroatoms. The van der Waals surface area contributed by atoms with E-state index in [2.05, 4.69) is 5.16 Å². The molecule has 1 fully saturated rings. The summed E-state index contributed by atoms with van der Waals surface area (Å²) in [5, 5.41) is 11.7. The average Bonchev–Trinajstić information content (AvgIpc) is 2.53. The van der Waals surface area contributed by atoms with Gasteiger partial charge in [-0.3, -0.25) is 0 Å². The molecule has 0 aromatic heterocycles. The first-order valence-corrected chi connectivity index (χ1v) is 8.63. The zero-order valence-electron chi connectivity index (χ0n) is 11.9. The largest absolute Gasteiger partial charge is 0.409 e. The number of benzene rings is 1. The summed E-state index contributed by atoms with van der Waals surface area (Å²) in [5.74, 6) is 0.275. The van der Waals surface area contributed by atoms with E-state index >= 15 is 0 Å². The second-order valence-electron chi connectivity index (χ2n) is 5.25. The summed E-state index contributed by atoms with van der Waals surface area (Å²) < 4.78 is 26.2. The Morgan fingerprint density at radius 1 is 1.29 bits per heavy atom. The Hall–Kier alpha value is -1.60. The topological polar surface area (TPSA) is 96.0 Å². The highest BCUT2D eigenvalue weighted by atomic mass is 32.2. The molecule has 21 heavy (non-hydrogen) atoms. The van der Waals surface area contributed by atoms with E-state index in [0.717, 1.165) is 5.56 Å². The Balaban J connectivity index is 1.89. The molecule has 0 unspecified atom stereocenters. The van der Waals surface area contributed by atoms with Crippen molar-refractivity contribution in [2.24, 2.45) is 16.8 Å².